The van der Waals surface area contributed by atoms with Gasteiger partial charge in [0.2, 0.25) is 0 Å². The third-order valence-corrected chi connectivity index (χ3v) is 7.11. The molecule has 0 aromatic heterocycles. The standard InChI is InChI=1S/C27H33N3O5/c1-3-22-24(31)25(32)23(27(34)35-22)29-26(33)21(15-28)16(2)17-7-8-19-14-20(10-9-18(19)13-17)30-11-5-4-6-12-30/h7-10,13-14,22-25,27,31-32,34H,3-6,11-12H2,1-2H3,(H,29,33)/b21-16+/t22-,23-,24-,25-,27?/m1/s1. The van der Waals surface area contributed by atoms with E-state index in [-0.39, 0.29) is 5.57 Å². The van der Waals surface area contributed by atoms with E-state index >= 15 is 0 Å². The number of nitrogens with zero attached hydrogens (tertiary/aromatic N) is 2. The summed E-state index contributed by atoms with van der Waals surface area (Å²) in [4.78, 5) is 15.3. The zero-order valence-corrected chi connectivity index (χ0v) is 20.1. The van der Waals surface area contributed by atoms with Crippen molar-refractivity contribution in [2.45, 2.75) is 70.2 Å². The first-order valence-corrected chi connectivity index (χ1v) is 12.2. The van der Waals surface area contributed by atoms with E-state index in [2.05, 4.69) is 28.4 Å². The number of aliphatic hydroxyl groups is 3. The van der Waals surface area contributed by atoms with E-state index in [1.165, 1.54) is 24.9 Å². The Morgan fingerprint density at radius 3 is 2.46 bits per heavy atom. The monoisotopic (exact) mass is 479 g/mol. The number of nitriles is 1. The normalized spacial score (nSPS) is 27.8. The number of carbonyl (C=O) groups excluding carboxylic acids is 1. The Balaban J connectivity index is 1.55. The van der Waals surface area contributed by atoms with Crippen molar-refractivity contribution in [3.63, 3.8) is 0 Å². The lowest BCUT2D eigenvalue weighted by atomic mass is 9.94. The molecular formula is C27H33N3O5. The second kappa shape index (κ2) is 10.8. The Labute approximate surface area is 205 Å². The van der Waals surface area contributed by atoms with Gasteiger partial charge in [-0.1, -0.05) is 25.1 Å². The lowest BCUT2D eigenvalue weighted by Gasteiger charge is -2.40. The highest BCUT2D eigenvalue weighted by Crippen LogP contribution is 2.29. The number of ether oxygens (including phenoxy) is 1. The van der Waals surface area contributed by atoms with Crippen molar-refractivity contribution in [1.82, 2.24) is 5.32 Å². The molecule has 5 atom stereocenters. The number of allylic oxidation sites excluding steroid dienone is 1. The van der Waals surface area contributed by atoms with E-state index in [9.17, 15) is 25.4 Å². The van der Waals surface area contributed by atoms with Crippen LogP contribution in [0.15, 0.2) is 42.0 Å². The van der Waals surface area contributed by atoms with Crippen LogP contribution in [0.5, 0.6) is 0 Å². The molecule has 8 nitrogen and oxygen atoms in total. The average molecular weight is 480 g/mol. The van der Waals surface area contributed by atoms with Crippen LogP contribution in [0.25, 0.3) is 16.3 Å². The summed E-state index contributed by atoms with van der Waals surface area (Å²) in [6, 6.07) is 12.8. The summed E-state index contributed by atoms with van der Waals surface area (Å²) in [7, 11) is 0. The second-order valence-corrected chi connectivity index (χ2v) is 9.36. The third-order valence-electron chi connectivity index (χ3n) is 7.11. The maximum atomic E-state index is 12.9. The highest BCUT2D eigenvalue weighted by molar-refractivity contribution is 6.05. The number of hydrogen-bond donors (Lipinski definition) is 4. The highest BCUT2D eigenvalue weighted by atomic mass is 16.6. The van der Waals surface area contributed by atoms with Crippen molar-refractivity contribution in [1.29, 1.82) is 5.26 Å². The predicted molar refractivity (Wildman–Crippen MR) is 133 cm³/mol. The van der Waals surface area contributed by atoms with Gasteiger partial charge >= 0.3 is 0 Å². The van der Waals surface area contributed by atoms with Gasteiger partial charge in [-0.2, -0.15) is 5.26 Å². The molecule has 2 aliphatic heterocycles. The second-order valence-electron chi connectivity index (χ2n) is 9.36. The zero-order valence-electron chi connectivity index (χ0n) is 20.1. The number of piperidine rings is 1. The van der Waals surface area contributed by atoms with Crippen LogP contribution >= 0.6 is 0 Å². The number of anilines is 1. The summed E-state index contributed by atoms with van der Waals surface area (Å²) in [5.74, 6) is -0.751. The molecule has 2 aliphatic rings. The van der Waals surface area contributed by atoms with Gasteiger partial charge in [-0.15, -0.1) is 0 Å². The lowest BCUT2D eigenvalue weighted by molar-refractivity contribution is -0.247. The SMILES string of the molecule is CC[C@H]1OC(O)[C@H](NC(=O)/C(C#N)=C(\C)c2ccc3cc(N4CCCCC4)ccc3c2)[C@@H](O)[C@@H]1O. The molecule has 2 aromatic rings. The van der Waals surface area contributed by atoms with Gasteiger partial charge in [0, 0.05) is 18.8 Å². The maximum Gasteiger partial charge on any atom is 0.262 e. The molecule has 1 unspecified atom stereocenters. The lowest BCUT2D eigenvalue weighted by Crippen LogP contribution is -2.63. The van der Waals surface area contributed by atoms with Crippen LogP contribution in [0.2, 0.25) is 0 Å². The van der Waals surface area contributed by atoms with Crippen molar-refractivity contribution in [2.24, 2.45) is 0 Å². The van der Waals surface area contributed by atoms with Crippen LogP contribution in [0.1, 0.15) is 45.1 Å². The van der Waals surface area contributed by atoms with Crippen molar-refractivity contribution in [3.05, 3.63) is 47.5 Å². The Bertz CT molecular complexity index is 1150. The van der Waals surface area contributed by atoms with E-state index < -0.39 is 36.6 Å². The molecule has 186 valence electrons. The third kappa shape index (κ3) is 5.19. The first-order valence-electron chi connectivity index (χ1n) is 12.2. The number of carbonyl (C=O) groups is 1. The molecule has 4 rings (SSSR count). The summed E-state index contributed by atoms with van der Waals surface area (Å²) in [6.45, 7) is 5.58. The summed E-state index contributed by atoms with van der Waals surface area (Å²) in [5.41, 5.74) is 2.26. The molecule has 0 saturated carbocycles. The molecule has 2 aromatic carbocycles. The Kier molecular flexibility index (Phi) is 7.72. The Morgan fingerprint density at radius 2 is 1.77 bits per heavy atom. The summed E-state index contributed by atoms with van der Waals surface area (Å²) in [6.07, 6.45) is -0.856. The number of nitrogens with one attached hydrogen (secondary N) is 1. The van der Waals surface area contributed by atoms with Crippen LogP contribution in [0, 0.1) is 11.3 Å². The molecule has 8 heteroatoms. The minimum atomic E-state index is -1.50. The number of fused-ring (bicyclic) bond motifs is 1. The number of rotatable bonds is 5. The molecule has 2 saturated heterocycles. The van der Waals surface area contributed by atoms with Crippen molar-refractivity contribution in [3.8, 4) is 6.07 Å². The van der Waals surface area contributed by atoms with E-state index in [0.717, 1.165) is 29.4 Å². The molecule has 4 N–H and O–H groups in total. The fraction of sp³-hybridized carbons (Fsp3) is 0.481. The maximum absolute atomic E-state index is 12.9. The van der Waals surface area contributed by atoms with E-state index in [1.807, 2.05) is 24.3 Å². The summed E-state index contributed by atoms with van der Waals surface area (Å²) in [5, 5.41) is 45.1. The van der Waals surface area contributed by atoms with Crippen LogP contribution in [-0.2, 0) is 9.53 Å². The molecule has 2 fully saturated rings. The fourth-order valence-corrected chi connectivity index (χ4v) is 4.93. The van der Waals surface area contributed by atoms with Crippen molar-refractivity contribution in [2.75, 3.05) is 18.0 Å². The van der Waals surface area contributed by atoms with Crippen LogP contribution in [0.3, 0.4) is 0 Å². The molecule has 0 spiro atoms. The minimum Gasteiger partial charge on any atom is -0.388 e. The topological polar surface area (TPSA) is 126 Å². The zero-order chi connectivity index (χ0) is 25.1. The number of hydrogen-bond acceptors (Lipinski definition) is 7. The highest BCUT2D eigenvalue weighted by Gasteiger charge is 2.44. The van der Waals surface area contributed by atoms with Gasteiger partial charge in [0.25, 0.3) is 5.91 Å². The van der Waals surface area contributed by atoms with Gasteiger partial charge in [-0.25, -0.2) is 0 Å². The molecule has 0 bridgehead atoms. The smallest absolute Gasteiger partial charge is 0.262 e. The van der Waals surface area contributed by atoms with E-state index in [4.69, 9.17) is 4.74 Å². The fourth-order valence-electron chi connectivity index (χ4n) is 4.93. The number of amides is 1. The van der Waals surface area contributed by atoms with Crippen LogP contribution < -0.4 is 10.2 Å². The van der Waals surface area contributed by atoms with Crippen molar-refractivity contribution >= 4 is 27.9 Å². The van der Waals surface area contributed by atoms with Crippen LogP contribution in [0.4, 0.5) is 5.69 Å². The van der Waals surface area contributed by atoms with E-state index in [0.29, 0.717) is 12.0 Å². The first kappa shape index (κ1) is 25.1. The summed E-state index contributed by atoms with van der Waals surface area (Å²) < 4.78 is 5.32. The Morgan fingerprint density at radius 1 is 1.09 bits per heavy atom. The number of aliphatic hydroxyl groups excluding tert-OH is 3. The molecule has 2 heterocycles. The van der Waals surface area contributed by atoms with E-state index in [1.54, 1.807) is 13.8 Å². The van der Waals surface area contributed by atoms with Gasteiger partial charge in [0.15, 0.2) is 6.29 Å². The average Bonchev–Trinajstić information content (AvgIpc) is 2.88. The quantitative estimate of drug-likeness (QED) is 0.383. The van der Waals surface area contributed by atoms with Gasteiger partial charge in [0.1, 0.15) is 29.9 Å². The molecule has 0 aliphatic carbocycles. The number of benzene rings is 2. The Hall–Kier alpha value is -2.96. The van der Waals surface area contributed by atoms with Gasteiger partial charge in [-0.05, 0) is 72.7 Å². The first-order chi connectivity index (χ1) is 16.8. The predicted octanol–water partition coefficient (Wildman–Crippen LogP) is 2.46. The molecule has 1 amide bonds. The summed E-state index contributed by atoms with van der Waals surface area (Å²) >= 11 is 0. The minimum absolute atomic E-state index is 0.138. The largest absolute Gasteiger partial charge is 0.388 e. The van der Waals surface area contributed by atoms with Crippen LogP contribution in [-0.4, -0.2) is 65.0 Å². The van der Waals surface area contributed by atoms with Gasteiger partial charge in [0.05, 0.1) is 6.10 Å². The van der Waals surface area contributed by atoms with Gasteiger partial charge < -0.3 is 30.3 Å². The molecular weight excluding hydrogens is 446 g/mol. The molecule has 35 heavy (non-hydrogen) atoms. The van der Waals surface area contributed by atoms with Crippen molar-refractivity contribution < 1.29 is 24.9 Å². The van der Waals surface area contributed by atoms with Gasteiger partial charge in [-0.3, -0.25) is 4.79 Å². The molecule has 0 radical (unpaired) electrons.